The van der Waals surface area contributed by atoms with Crippen LogP contribution >= 0.6 is 0 Å². The lowest BCUT2D eigenvalue weighted by molar-refractivity contribution is 0.00344. The van der Waals surface area contributed by atoms with Crippen LogP contribution in [0, 0.1) is 0 Å². The quantitative estimate of drug-likeness (QED) is 0.0828. The lowest BCUT2D eigenvalue weighted by Gasteiger charge is -2.43. The number of nitrogens with zero attached hydrogens (tertiary/aromatic N) is 3. The molecule has 0 saturated heterocycles. The van der Waals surface area contributed by atoms with E-state index in [1.54, 1.807) is 48.5 Å². The van der Waals surface area contributed by atoms with Gasteiger partial charge in [-0.15, -0.1) is 0 Å². The fourth-order valence-corrected chi connectivity index (χ4v) is 4.65. The van der Waals surface area contributed by atoms with E-state index >= 15 is 0 Å². The molecular formula is C25H56N4O7. The third-order valence-corrected chi connectivity index (χ3v) is 5.60. The molecule has 9 unspecified atom stereocenters. The van der Waals surface area contributed by atoms with Gasteiger partial charge in [0.15, 0.2) is 0 Å². The van der Waals surface area contributed by atoms with Crippen LogP contribution in [0.1, 0.15) is 48.5 Å². The number of hydrogen-bond donors (Lipinski definition) is 8. The zero-order chi connectivity index (χ0) is 28.0. The third-order valence-electron chi connectivity index (χ3n) is 5.60. The summed E-state index contributed by atoms with van der Waals surface area (Å²) in [6.07, 6.45) is -4.45. The standard InChI is InChI=1S/C25H56N4O7/c1-17(30)8-26-24(15-27(9-18(2)31)10-19(3)32)25(29(13-22(6)35)14-23(7)36)16-28(11-20(4)33)12-21(5)34/h17-26,30-36H,8-16H2,1-7H3. The Balaban J connectivity index is 6.39. The van der Waals surface area contributed by atoms with Crippen LogP contribution in [-0.2, 0) is 0 Å². The second-order valence-corrected chi connectivity index (χ2v) is 10.9. The first-order valence-corrected chi connectivity index (χ1v) is 13.3. The van der Waals surface area contributed by atoms with Crippen molar-refractivity contribution in [3.63, 3.8) is 0 Å². The molecule has 11 nitrogen and oxygen atoms in total. The highest BCUT2D eigenvalue weighted by Gasteiger charge is 2.33. The summed E-state index contributed by atoms with van der Waals surface area (Å²) in [7, 11) is 0. The molecule has 0 heterocycles. The van der Waals surface area contributed by atoms with E-state index in [1.807, 2.05) is 14.7 Å². The largest absolute Gasteiger partial charge is 0.392 e. The van der Waals surface area contributed by atoms with Gasteiger partial charge < -0.3 is 41.1 Å². The van der Waals surface area contributed by atoms with Gasteiger partial charge in [0.25, 0.3) is 0 Å². The van der Waals surface area contributed by atoms with E-state index < -0.39 is 42.7 Å². The molecule has 0 aromatic heterocycles. The van der Waals surface area contributed by atoms with Crippen LogP contribution in [0.3, 0.4) is 0 Å². The molecule has 0 aliphatic carbocycles. The monoisotopic (exact) mass is 524 g/mol. The highest BCUT2D eigenvalue weighted by atomic mass is 16.3. The fraction of sp³-hybridized carbons (Fsp3) is 1.00. The first-order valence-electron chi connectivity index (χ1n) is 13.3. The summed E-state index contributed by atoms with van der Waals surface area (Å²) in [4.78, 5) is 5.91. The molecule has 0 rings (SSSR count). The van der Waals surface area contributed by atoms with Gasteiger partial charge in [0.1, 0.15) is 0 Å². The topological polar surface area (TPSA) is 163 Å². The molecular weight excluding hydrogens is 468 g/mol. The van der Waals surface area contributed by atoms with E-state index in [0.29, 0.717) is 45.8 Å². The van der Waals surface area contributed by atoms with Crippen molar-refractivity contribution in [2.75, 3.05) is 58.9 Å². The molecule has 218 valence electrons. The second kappa shape index (κ2) is 18.8. The zero-order valence-corrected chi connectivity index (χ0v) is 23.5. The average Bonchev–Trinajstić information content (AvgIpc) is 2.66. The Morgan fingerprint density at radius 3 is 1.08 bits per heavy atom. The molecule has 0 saturated carbocycles. The van der Waals surface area contributed by atoms with E-state index in [2.05, 4.69) is 5.32 Å². The Kier molecular flexibility index (Phi) is 18.5. The van der Waals surface area contributed by atoms with Gasteiger partial charge in [-0.3, -0.25) is 14.7 Å². The normalized spacial score (nSPS) is 20.2. The maximum absolute atomic E-state index is 10.3. The zero-order valence-electron chi connectivity index (χ0n) is 23.5. The summed E-state index contributed by atoms with van der Waals surface area (Å²) in [6.45, 7) is 14.8. The molecule has 0 radical (unpaired) electrons. The maximum Gasteiger partial charge on any atom is 0.0639 e. The predicted octanol–water partition coefficient (Wildman–Crippen LogP) is -2.12. The minimum atomic E-state index is -0.670. The summed E-state index contributed by atoms with van der Waals surface area (Å²) in [6, 6.07) is -0.615. The van der Waals surface area contributed by atoms with Gasteiger partial charge >= 0.3 is 0 Å². The Morgan fingerprint density at radius 1 is 0.444 bits per heavy atom. The lowest BCUT2D eigenvalue weighted by Crippen LogP contribution is -2.62. The first kappa shape index (κ1) is 35.6. The van der Waals surface area contributed by atoms with Crippen molar-refractivity contribution in [2.45, 2.75) is 103 Å². The molecule has 0 aliphatic heterocycles. The molecule has 0 aromatic rings. The lowest BCUT2D eigenvalue weighted by atomic mass is 10.0. The van der Waals surface area contributed by atoms with Crippen LogP contribution in [0.5, 0.6) is 0 Å². The van der Waals surface area contributed by atoms with Gasteiger partial charge in [0.2, 0.25) is 0 Å². The number of rotatable bonds is 21. The van der Waals surface area contributed by atoms with Crippen LogP contribution in [-0.4, -0.2) is 164 Å². The van der Waals surface area contributed by atoms with Gasteiger partial charge in [-0.05, 0) is 48.5 Å². The Bertz CT molecular complexity index is 507. The summed E-state index contributed by atoms with van der Waals surface area (Å²) < 4.78 is 0. The molecule has 0 fully saturated rings. The number of aliphatic hydroxyl groups excluding tert-OH is 7. The van der Waals surface area contributed by atoms with E-state index in [4.69, 9.17) is 0 Å². The number of aliphatic hydroxyl groups is 7. The van der Waals surface area contributed by atoms with Crippen molar-refractivity contribution >= 4 is 0 Å². The minimum Gasteiger partial charge on any atom is -0.392 e. The van der Waals surface area contributed by atoms with Crippen LogP contribution < -0.4 is 5.32 Å². The van der Waals surface area contributed by atoms with E-state index in [9.17, 15) is 35.7 Å². The summed E-state index contributed by atoms with van der Waals surface area (Å²) in [5.41, 5.74) is 0. The Hall–Kier alpha value is -0.440. The molecule has 9 atom stereocenters. The highest BCUT2D eigenvalue weighted by molar-refractivity contribution is 4.92. The summed E-state index contributed by atoms with van der Waals surface area (Å²) >= 11 is 0. The van der Waals surface area contributed by atoms with Crippen LogP contribution in [0.25, 0.3) is 0 Å². The summed E-state index contributed by atoms with van der Waals surface area (Å²) in [5.74, 6) is 0. The van der Waals surface area contributed by atoms with Gasteiger partial charge in [-0.25, -0.2) is 0 Å². The molecule has 0 aliphatic rings. The molecule has 36 heavy (non-hydrogen) atoms. The SMILES string of the molecule is CC(O)CNC(CN(CC(C)O)CC(C)O)C(CN(CC(C)O)CC(C)O)N(CC(C)O)CC(C)O. The molecule has 11 heteroatoms. The Morgan fingerprint density at radius 2 is 0.778 bits per heavy atom. The van der Waals surface area contributed by atoms with Gasteiger partial charge in [-0.2, -0.15) is 0 Å². The van der Waals surface area contributed by atoms with Crippen molar-refractivity contribution in [3.8, 4) is 0 Å². The minimum absolute atomic E-state index is 0.284. The van der Waals surface area contributed by atoms with Crippen molar-refractivity contribution in [3.05, 3.63) is 0 Å². The van der Waals surface area contributed by atoms with Gasteiger partial charge in [-0.1, -0.05) is 0 Å². The fourth-order valence-electron chi connectivity index (χ4n) is 4.65. The summed E-state index contributed by atoms with van der Waals surface area (Å²) in [5, 5.41) is 74.4. The van der Waals surface area contributed by atoms with Crippen molar-refractivity contribution in [1.82, 2.24) is 20.0 Å². The smallest absolute Gasteiger partial charge is 0.0639 e. The third kappa shape index (κ3) is 17.9. The average molecular weight is 525 g/mol. The van der Waals surface area contributed by atoms with Crippen molar-refractivity contribution in [1.29, 1.82) is 0 Å². The highest BCUT2D eigenvalue weighted by Crippen LogP contribution is 2.14. The van der Waals surface area contributed by atoms with Crippen molar-refractivity contribution < 1.29 is 35.7 Å². The molecule has 0 aromatic carbocycles. The van der Waals surface area contributed by atoms with E-state index in [1.165, 1.54) is 0 Å². The van der Waals surface area contributed by atoms with Crippen molar-refractivity contribution in [2.24, 2.45) is 0 Å². The van der Waals surface area contributed by atoms with Gasteiger partial charge in [0, 0.05) is 71.0 Å². The molecule has 0 bridgehead atoms. The number of nitrogens with one attached hydrogen (secondary N) is 1. The van der Waals surface area contributed by atoms with E-state index in [0.717, 1.165) is 0 Å². The van der Waals surface area contributed by atoms with Crippen LogP contribution in [0.4, 0.5) is 0 Å². The maximum atomic E-state index is 10.3. The number of hydrogen-bond acceptors (Lipinski definition) is 11. The molecule has 8 N–H and O–H groups in total. The predicted molar refractivity (Wildman–Crippen MR) is 142 cm³/mol. The molecule has 0 spiro atoms. The Labute approximate surface area is 218 Å². The van der Waals surface area contributed by atoms with Crippen LogP contribution in [0.15, 0.2) is 0 Å². The first-order chi connectivity index (χ1) is 16.6. The van der Waals surface area contributed by atoms with E-state index in [-0.39, 0.29) is 25.2 Å². The van der Waals surface area contributed by atoms with Crippen LogP contribution in [0.2, 0.25) is 0 Å². The molecule has 0 amide bonds. The second-order valence-electron chi connectivity index (χ2n) is 10.9. The van der Waals surface area contributed by atoms with Gasteiger partial charge in [0.05, 0.1) is 42.7 Å².